The minimum absolute atomic E-state index is 0.147. The van der Waals surface area contributed by atoms with Crippen LogP contribution < -0.4 is 16.4 Å². The summed E-state index contributed by atoms with van der Waals surface area (Å²) in [6, 6.07) is -1.03. The van der Waals surface area contributed by atoms with E-state index in [0.717, 1.165) is 32.1 Å². The van der Waals surface area contributed by atoms with Crippen molar-refractivity contribution < 1.29 is 24.3 Å². The summed E-state index contributed by atoms with van der Waals surface area (Å²) in [6.45, 7) is 3.79. The van der Waals surface area contributed by atoms with Gasteiger partial charge in [-0.2, -0.15) is 0 Å². The van der Waals surface area contributed by atoms with E-state index in [-0.39, 0.29) is 25.3 Å². The summed E-state index contributed by atoms with van der Waals surface area (Å²) in [5, 5.41) is 13.9. The molecule has 0 aromatic carbocycles. The van der Waals surface area contributed by atoms with E-state index in [1.807, 2.05) is 0 Å². The van der Waals surface area contributed by atoms with Crippen molar-refractivity contribution in [3.63, 3.8) is 0 Å². The van der Waals surface area contributed by atoms with Crippen LogP contribution in [0.4, 0.5) is 0 Å². The van der Waals surface area contributed by atoms with Crippen LogP contribution in [0.5, 0.6) is 0 Å². The fraction of sp³-hybridized carbons (Fsp3) is 0.765. The van der Waals surface area contributed by atoms with Gasteiger partial charge >= 0.3 is 5.97 Å². The fourth-order valence-electron chi connectivity index (χ4n) is 2.22. The number of carboxylic acid groups (broad SMARTS) is 1. The first-order valence-corrected chi connectivity index (χ1v) is 8.86. The van der Waals surface area contributed by atoms with Crippen molar-refractivity contribution in [3.05, 3.63) is 0 Å². The third kappa shape index (κ3) is 12.0. The molecule has 8 nitrogen and oxygen atoms in total. The maximum Gasteiger partial charge on any atom is 0.306 e. The highest BCUT2D eigenvalue weighted by Crippen LogP contribution is 2.05. The smallest absolute Gasteiger partial charge is 0.306 e. The van der Waals surface area contributed by atoms with Gasteiger partial charge in [0, 0.05) is 13.0 Å². The van der Waals surface area contributed by atoms with Crippen molar-refractivity contribution in [3.8, 4) is 0 Å². The highest BCUT2D eigenvalue weighted by atomic mass is 16.4. The van der Waals surface area contributed by atoms with E-state index in [1.165, 1.54) is 6.92 Å². The molecule has 5 N–H and O–H groups in total. The second-order valence-corrected chi connectivity index (χ2v) is 6.27. The Labute approximate surface area is 148 Å². The normalized spacial score (nSPS) is 12.9. The summed E-state index contributed by atoms with van der Waals surface area (Å²) in [7, 11) is 0. The molecule has 3 amide bonds. The molecular formula is C17H31N3O5. The van der Waals surface area contributed by atoms with Crippen LogP contribution in [-0.2, 0) is 19.2 Å². The second kappa shape index (κ2) is 13.2. The predicted molar refractivity (Wildman–Crippen MR) is 93.5 cm³/mol. The molecule has 0 spiro atoms. The van der Waals surface area contributed by atoms with Gasteiger partial charge in [-0.1, -0.05) is 39.5 Å². The Balaban J connectivity index is 4.33. The van der Waals surface area contributed by atoms with E-state index in [1.54, 1.807) is 0 Å². The third-order valence-electron chi connectivity index (χ3n) is 3.86. The van der Waals surface area contributed by atoms with Crippen LogP contribution in [0, 0.1) is 5.92 Å². The topological polar surface area (TPSA) is 139 Å². The number of aliphatic carboxylic acids is 1. The summed E-state index contributed by atoms with van der Waals surface area (Å²) in [4.78, 5) is 45.9. The molecule has 0 aliphatic heterocycles. The van der Waals surface area contributed by atoms with Crippen LogP contribution in [0.25, 0.3) is 0 Å². The first-order chi connectivity index (χ1) is 11.8. The molecule has 144 valence electrons. The summed E-state index contributed by atoms with van der Waals surface area (Å²) in [5.41, 5.74) is 5.13. The molecule has 0 bridgehead atoms. The Morgan fingerprint density at radius 3 is 2.28 bits per heavy atom. The Morgan fingerprint density at radius 1 is 1.08 bits per heavy atom. The van der Waals surface area contributed by atoms with E-state index < -0.39 is 29.7 Å². The van der Waals surface area contributed by atoms with Crippen LogP contribution in [0.3, 0.4) is 0 Å². The number of rotatable bonds is 14. The molecule has 0 aromatic rings. The molecule has 0 aromatic heterocycles. The van der Waals surface area contributed by atoms with E-state index in [0.29, 0.717) is 6.42 Å². The molecular weight excluding hydrogens is 326 g/mol. The fourth-order valence-corrected chi connectivity index (χ4v) is 2.22. The van der Waals surface area contributed by atoms with Gasteiger partial charge in [0.25, 0.3) is 0 Å². The molecule has 25 heavy (non-hydrogen) atoms. The van der Waals surface area contributed by atoms with Gasteiger partial charge in [-0.25, -0.2) is 0 Å². The summed E-state index contributed by atoms with van der Waals surface area (Å²) in [6.07, 6.45) is 5.25. The lowest BCUT2D eigenvalue weighted by atomic mass is 10.1. The third-order valence-corrected chi connectivity index (χ3v) is 3.86. The Morgan fingerprint density at radius 2 is 1.72 bits per heavy atom. The Bertz CT molecular complexity index is 454. The first kappa shape index (κ1) is 22.9. The van der Waals surface area contributed by atoms with Crippen LogP contribution in [-0.4, -0.2) is 41.4 Å². The number of unbranched alkanes of at least 4 members (excludes halogenated alkanes) is 4. The molecule has 2 atom stereocenters. The molecule has 0 aliphatic rings. The van der Waals surface area contributed by atoms with Gasteiger partial charge in [-0.15, -0.1) is 0 Å². The van der Waals surface area contributed by atoms with Gasteiger partial charge < -0.3 is 21.5 Å². The highest BCUT2D eigenvalue weighted by molar-refractivity contribution is 5.91. The number of nitrogens with one attached hydrogen (secondary N) is 2. The average Bonchev–Trinajstić information content (AvgIpc) is 2.53. The maximum absolute atomic E-state index is 12.1. The number of primary amides is 1. The van der Waals surface area contributed by atoms with Crippen LogP contribution >= 0.6 is 0 Å². The Hall–Kier alpha value is -2.12. The SMILES string of the molecule is CCCCCCCC(=O)N[C@H](CC(N)=O)C(=O)NCC[C@H](C)C(=O)O. The van der Waals surface area contributed by atoms with E-state index in [2.05, 4.69) is 17.6 Å². The van der Waals surface area contributed by atoms with Gasteiger partial charge in [0.2, 0.25) is 17.7 Å². The second-order valence-electron chi connectivity index (χ2n) is 6.27. The van der Waals surface area contributed by atoms with Crippen LogP contribution in [0.1, 0.15) is 65.2 Å². The van der Waals surface area contributed by atoms with Crippen molar-refractivity contribution >= 4 is 23.7 Å². The van der Waals surface area contributed by atoms with Gasteiger partial charge in [-0.05, 0) is 12.8 Å². The molecule has 0 unspecified atom stereocenters. The van der Waals surface area contributed by atoms with Crippen molar-refractivity contribution in [1.29, 1.82) is 0 Å². The van der Waals surface area contributed by atoms with Crippen LogP contribution in [0.2, 0.25) is 0 Å². The number of carbonyl (C=O) groups is 4. The highest BCUT2D eigenvalue weighted by Gasteiger charge is 2.22. The number of hydrogen-bond acceptors (Lipinski definition) is 4. The molecule has 0 rings (SSSR count). The van der Waals surface area contributed by atoms with Gasteiger partial charge in [0.05, 0.1) is 12.3 Å². The Kier molecular flexibility index (Phi) is 12.1. The summed E-state index contributed by atoms with van der Waals surface area (Å²) < 4.78 is 0. The predicted octanol–water partition coefficient (Wildman–Crippen LogP) is 0.934. The lowest BCUT2D eigenvalue weighted by Crippen LogP contribution is -2.48. The zero-order chi connectivity index (χ0) is 19.2. The summed E-state index contributed by atoms with van der Waals surface area (Å²) in [5.74, 6) is -3.05. The van der Waals surface area contributed by atoms with Crippen LogP contribution in [0.15, 0.2) is 0 Å². The monoisotopic (exact) mass is 357 g/mol. The molecule has 0 saturated heterocycles. The zero-order valence-corrected chi connectivity index (χ0v) is 15.2. The minimum atomic E-state index is -1.03. The van der Waals surface area contributed by atoms with Gasteiger partial charge in [-0.3, -0.25) is 19.2 Å². The lowest BCUT2D eigenvalue weighted by Gasteiger charge is -2.17. The largest absolute Gasteiger partial charge is 0.481 e. The zero-order valence-electron chi connectivity index (χ0n) is 15.2. The van der Waals surface area contributed by atoms with Crippen molar-refractivity contribution in [1.82, 2.24) is 10.6 Å². The number of nitrogens with two attached hydrogens (primary N) is 1. The molecule has 0 saturated carbocycles. The maximum atomic E-state index is 12.1. The van der Waals surface area contributed by atoms with Gasteiger partial charge in [0.15, 0.2) is 0 Å². The van der Waals surface area contributed by atoms with Crippen molar-refractivity contribution in [2.45, 2.75) is 71.3 Å². The van der Waals surface area contributed by atoms with E-state index >= 15 is 0 Å². The van der Waals surface area contributed by atoms with Crippen molar-refractivity contribution in [2.24, 2.45) is 11.7 Å². The minimum Gasteiger partial charge on any atom is -0.481 e. The number of hydrogen-bond donors (Lipinski definition) is 4. The standard InChI is InChI=1S/C17H31N3O5/c1-3-4-5-6-7-8-15(22)20-13(11-14(18)21)16(23)19-10-9-12(2)17(24)25/h12-13H,3-11H2,1-2H3,(H2,18,21)(H,19,23)(H,20,22)(H,24,25)/t12-,13+/m0/s1. The number of carbonyl (C=O) groups excluding carboxylic acids is 3. The molecule has 0 radical (unpaired) electrons. The van der Waals surface area contributed by atoms with Gasteiger partial charge in [0.1, 0.15) is 6.04 Å². The molecule has 0 aliphatic carbocycles. The number of amides is 3. The number of carboxylic acids is 1. The molecule has 8 heteroatoms. The first-order valence-electron chi connectivity index (χ1n) is 8.86. The van der Waals surface area contributed by atoms with Crippen molar-refractivity contribution in [2.75, 3.05) is 6.54 Å². The quantitative estimate of drug-likeness (QED) is 0.343. The average molecular weight is 357 g/mol. The lowest BCUT2D eigenvalue weighted by molar-refractivity contribution is -0.141. The van der Waals surface area contributed by atoms with E-state index in [9.17, 15) is 19.2 Å². The summed E-state index contributed by atoms with van der Waals surface area (Å²) >= 11 is 0. The molecule has 0 heterocycles. The molecule has 0 fully saturated rings. The van der Waals surface area contributed by atoms with E-state index in [4.69, 9.17) is 10.8 Å².